The van der Waals surface area contributed by atoms with Crippen molar-refractivity contribution in [1.82, 2.24) is 4.57 Å². The van der Waals surface area contributed by atoms with Crippen molar-refractivity contribution >= 4 is 54.7 Å². The molecule has 0 saturated heterocycles. The fraction of sp³-hybridized carbons (Fsp3) is 0.357. The minimum absolute atomic E-state index is 0.164. The predicted molar refractivity (Wildman–Crippen MR) is 202 cm³/mol. The number of thiophene rings is 1. The van der Waals surface area contributed by atoms with Gasteiger partial charge in [-0.05, 0) is 95.4 Å². The zero-order valence-electron chi connectivity index (χ0n) is 29.6. The van der Waals surface area contributed by atoms with Crippen LogP contribution in [-0.4, -0.2) is 11.3 Å². The van der Waals surface area contributed by atoms with Gasteiger partial charge in [0.2, 0.25) is 0 Å². The molecule has 0 saturated carbocycles. The molecule has 0 aliphatic carbocycles. The van der Waals surface area contributed by atoms with Crippen molar-refractivity contribution in [3.05, 3.63) is 100 Å². The number of aromatic nitrogens is 2. The summed E-state index contributed by atoms with van der Waals surface area (Å²) in [6.07, 6.45) is 3.50. The summed E-state index contributed by atoms with van der Waals surface area (Å²) in [7, 11) is 2.24. The van der Waals surface area contributed by atoms with E-state index >= 15 is 0 Å². The van der Waals surface area contributed by atoms with E-state index < -0.39 is 0 Å². The topological polar surface area (TPSA) is 8.81 Å². The maximum atomic E-state index is 2.61. The summed E-state index contributed by atoms with van der Waals surface area (Å²) < 4.78 is 7.75. The van der Waals surface area contributed by atoms with E-state index in [1.54, 1.807) is 0 Å². The lowest BCUT2D eigenvalue weighted by Crippen LogP contribution is -2.53. The van der Waals surface area contributed by atoms with E-state index in [9.17, 15) is 0 Å². The predicted octanol–water partition coefficient (Wildman–Crippen LogP) is 8.93. The molecule has 0 spiro atoms. The lowest BCUT2D eigenvalue weighted by atomic mass is 9.37. The smallest absolute Gasteiger partial charge is 0.233 e. The van der Waals surface area contributed by atoms with Crippen LogP contribution in [0.15, 0.2) is 66.9 Å². The molecule has 0 fully saturated rings. The third kappa shape index (κ3) is 4.96. The minimum Gasteiger partial charge on any atom is -0.233 e. The second-order valence-corrected chi connectivity index (χ2v) is 16.8. The number of nitrogens with zero attached hydrogens (tertiary/aromatic N) is 2. The molecule has 46 heavy (non-hydrogen) atoms. The summed E-state index contributed by atoms with van der Waals surface area (Å²) in [6, 6.07) is 24.0. The Balaban J connectivity index is 1.57. The first kappa shape index (κ1) is 31.0. The van der Waals surface area contributed by atoms with Gasteiger partial charge < -0.3 is 0 Å². The lowest BCUT2D eigenvalue weighted by Gasteiger charge is -2.22. The molecule has 3 heterocycles. The van der Waals surface area contributed by atoms with Gasteiger partial charge in [0, 0.05) is 26.2 Å². The number of rotatable bonds is 5. The van der Waals surface area contributed by atoms with Crippen LogP contribution in [0.3, 0.4) is 0 Å². The second-order valence-electron chi connectivity index (χ2n) is 15.7. The van der Waals surface area contributed by atoms with Crippen LogP contribution in [0.2, 0.25) is 0 Å². The molecule has 0 bridgehead atoms. The zero-order chi connectivity index (χ0) is 32.8. The number of fused-ring (bicyclic) bond motifs is 6. The van der Waals surface area contributed by atoms with Crippen molar-refractivity contribution in [1.29, 1.82) is 0 Å². The molecule has 4 heteroatoms. The monoisotopic (exact) mass is 623 g/mol. The van der Waals surface area contributed by atoms with Crippen LogP contribution < -0.4 is 21.1 Å². The first-order valence-electron chi connectivity index (χ1n) is 17.0. The molecule has 0 amide bonds. The Morgan fingerprint density at radius 3 is 2.15 bits per heavy atom. The van der Waals surface area contributed by atoms with Crippen molar-refractivity contribution in [2.45, 2.75) is 87.5 Å². The van der Waals surface area contributed by atoms with E-state index in [4.69, 9.17) is 0 Å². The van der Waals surface area contributed by atoms with Crippen molar-refractivity contribution < 1.29 is 4.57 Å². The number of imidazole rings is 1. The van der Waals surface area contributed by atoms with Gasteiger partial charge in [0.25, 0.3) is 5.82 Å². The van der Waals surface area contributed by atoms with Gasteiger partial charge in [-0.25, -0.2) is 9.13 Å². The van der Waals surface area contributed by atoms with Gasteiger partial charge in [-0.3, -0.25) is 0 Å². The van der Waals surface area contributed by atoms with Crippen molar-refractivity contribution in [2.75, 3.05) is 0 Å². The van der Waals surface area contributed by atoms with E-state index in [2.05, 4.69) is 152 Å². The Morgan fingerprint density at radius 1 is 0.826 bits per heavy atom. The summed E-state index contributed by atoms with van der Waals surface area (Å²) in [5.74, 6) is 2.13. The van der Waals surface area contributed by atoms with Gasteiger partial charge in [-0.2, -0.15) is 0 Å². The molecule has 0 unspecified atom stereocenters. The van der Waals surface area contributed by atoms with E-state index in [0.717, 1.165) is 6.42 Å². The summed E-state index contributed by atoms with van der Waals surface area (Å²) in [6.45, 7) is 23.3. The molecule has 2 aromatic heterocycles. The average Bonchev–Trinajstić information content (AvgIpc) is 3.59. The average molecular weight is 624 g/mol. The number of aryl methyl sites for hydroxylation is 3. The third-order valence-corrected chi connectivity index (χ3v) is 11.3. The maximum Gasteiger partial charge on any atom is 0.303 e. The quantitative estimate of drug-likeness (QED) is 0.134. The first-order chi connectivity index (χ1) is 21.7. The highest BCUT2D eigenvalue weighted by Gasteiger charge is 2.46. The molecule has 1 aliphatic rings. The van der Waals surface area contributed by atoms with Crippen molar-refractivity contribution in [3.8, 4) is 17.1 Å². The number of hydrogen-bond acceptors (Lipinski definition) is 1. The summed E-state index contributed by atoms with van der Waals surface area (Å²) in [5, 5.41) is 2.77. The molecule has 234 valence electrons. The van der Waals surface area contributed by atoms with Crippen LogP contribution in [0.25, 0.3) is 37.2 Å². The van der Waals surface area contributed by atoms with Crippen molar-refractivity contribution in [3.63, 3.8) is 0 Å². The second kappa shape index (κ2) is 11.0. The van der Waals surface area contributed by atoms with Gasteiger partial charge in [0.15, 0.2) is 0 Å². The highest BCUT2D eigenvalue weighted by molar-refractivity contribution is 7.26. The van der Waals surface area contributed by atoms with E-state index in [0.29, 0.717) is 11.8 Å². The van der Waals surface area contributed by atoms with Crippen LogP contribution in [0.5, 0.6) is 0 Å². The zero-order valence-corrected chi connectivity index (χ0v) is 30.4. The van der Waals surface area contributed by atoms with E-state index in [1.807, 2.05) is 11.3 Å². The fourth-order valence-electron chi connectivity index (χ4n) is 8.06. The first-order valence-corrected chi connectivity index (χ1v) is 17.9. The molecule has 2 nitrogen and oxygen atoms in total. The maximum absolute atomic E-state index is 2.61. The highest BCUT2D eigenvalue weighted by Crippen LogP contribution is 2.38. The van der Waals surface area contributed by atoms with Gasteiger partial charge in [-0.1, -0.05) is 96.4 Å². The summed E-state index contributed by atoms with van der Waals surface area (Å²) in [5.41, 5.74) is 15.6. The standard InChI is InChI=1S/C42H48BN2S/c1-24(2)30-13-12-14-31(25(3)4)40(30)43-35-20-34-32-16-15-29(22-42(8,9)10)19-37(32)46-38(34)21-36(35)45-39(43)23-44(11)41(45)33-18-26(5)17-27(6)28(33)7/h12-21,23-25H,22H2,1-11H3/q+1. The molecule has 6 aromatic rings. The van der Waals surface area contributed by atoms with Gasteiger partial charge in [0.1, 0.15) is 17.5 Å². The molecule has 7 rings (SSSR count). The Morgan fingerprint density at radius 2 is 1.50 bits per heavy atom. The third-order valence-electron chi connectivity index (χ3n) is 10.2. The Labute approximate surface area is 280 Å². The van der Waals surface area contributed by atoms with Gasteiger partial charge in [0.05, 0.1) is 12.6 Å². The lowest BCUT2D eigenvalue weighted by molar-refractivity contribution is -0.659. The molecule has 0 atom stereocenters. The van der Waals surface area contributed by atoms with Crippen LogP contribution >= 0.6 is 11.3 Å². The highest BCUT2D eigenvalue weighted by atomic mass is 32.1. The van der Waals surface area contributed by atoms with Crippen molar-refractivity contribution in [2.24, 2.45) is 12.5 Å². The summed E-state index contributed by atoms with van der Waals surface area (Å²) >= 11 is 1.95. The van der Waals surface area contributed by atoms with Crippen LogP contribution in [-0.2, 0) is 13.5 Å². The van der Waals surface area contributed by atoms with Crippen LogP contribution in [0.4, 0.5) is 0 Å². The molecular formula is C42H48BN2S+. The summed E-state index contributed by atoms with van der Waals surface area (Å²) in [4.78, 5) is 0. The van der Waals surface area contributed by atoms with E-state index in [1.165, 1.54) is 87.1 Å². The fourth-order valence-corrected chi connectivity index (χ4v) is 9.25. The molecule has 0 N–H and O–H groups in total. The number of hydrogen-bond donors (Lipinski definition) is 0. The SMILES string of the molecule is Cc1cc(C)c(C)c(-c2n3c(c[n+]2C)B(c2c(C(C)C)cccc2C(C)C)c2cc4c(cc2-3)sc2cc(CC(C)(C)C)ccc24)c1. The molecular weight excluding hydrogens is 575 g/mol. The van der Waals surface area contributed by atoms with Crippen LogP contribution in [0, 0.1) is 26.2 Å². The largest absolute Gasteiger partial charge is 0.303 e. The Hall–Kier alpha value is -3.63. The van der Waals surface area contributed by atoms with Crippen LogP contribution in [0.1, 0.15) is 93.7 Å². The van der Waals surface area contributed by atoms with E-state index in [-0.39, 0.29) is 12.1 Å². The Bertz CT molecular complexity index is 2140. The molecule has 0 radical (unpaired) electrons. The molecule has 4 aromatic carbocycles. The molecule has 1 aliphatic heterocycles. The minimum atomic E-state index is 0.164. The van der Waals surface area contributed by atoms with Gasteiger partial charge in [-0.15, -0.1) is 11.3 Å². The number of benzene rings is 4. The normalized spacial score (nSPS) is 13.1. The Kier molecular flexibility index (Phi) is 7.40. The van der Waals surface area contributed by atoms with Gasteiger partial charge >= 0.3 is 6.71 Å².